The first-order chi connectivity index (χ1) is 16.0. The monoisotopic (exact) mass is 618 g/mol. The molecule has 0 saturated carbocycles. The molecule has 0 aliphatic rings. The molecular formula is C23H62O7Si6. The lowest BCUT2D eigenvalue weighted by Crippen LogP contribution is -2.53. The molecule has 0 saturated heterocycles. The van der Waals surface area contributed by atoms with Crippen LogP contribution in [-0.4, -0.2) is 82.7 Å². The van der Waals surface area contributed by atoms with E-state index in [1.54, 1.807) is 7.11 Å². The summed E-state index contributed by atoms with van der Waals surface area (Å²) in [6, 6.07) is 2.12. The van der Waals surface area contributed by atoms with Gasteiger partial charge in [0.25, 0.3) is 0 Å². The van der Waals surface area contributed by atoms with E-state index in [9.17, 15) is 0 Å². The van der Waals surface area contributed by atoms with Gasteiger partial charge in [-0.3, -0.25) is 0 Å². The van der Waals surface area contributed by atoms with E-state index < -0.39 is 50.6 Å². The molecule has 0 aliphatic carbocycles. The minimum Gasteiger partial charge on any atom is -0.437 e. The SMILES string of the molecule is CCCO[Si](C)(C)O[Si](C)(C)O[Si](C)(C)CCCO.COCCC[Si](C)(C)O[Si](C)(C)O[Si](C)(C)C. The standard InChI is InChI=1S/C12H32O4Si3.C11H30O3Si3/c1-8-11-14-18(4,5)16-19(6,7)15-17(2,3)12-9-10-13;1-12-10-9-11-16(5,6)14-17(7,8)13-15(2,3)4/h13H,8-12H2,1-7H3;9-11H2,1-8H3. The quantitative estimate of drug-likeness (QED) is 0.128. The van der Waals surface area contributed by atoms with Gasteiger partial charge in [-0.1, -0.05) is 6.92 Å². The fourth-order valence-corrected chi connectivity index (χ4v) is 30.4. The number of rotatable bonds is 18. The summed E-state index contributed by atoms with van der Waals surface area (Å²) in [5, 5.41) is 8.95. The van der Waals surface area contributed by atoms with Crippen LogP contribution in [0.25, 0.3) is 0 Å². The Bertz CT molecular complexity index is 558. The van der Waals surface area contributed by atoms with Crippen LogP contribution >= 0.6 is 0 Å². The maximum Gasteiger partial charge on any atom is 0.322 e. The first-order valence-corrected chi connectivity index (χ1v) is 31.6. The Morgan fingerprint density at radius 1 is 0.556 bits per heavy atom. The average molecular weight is 619 g/mol. The van der Waals surface area contributed by atoms with Crippen molar-refractivity contribution in [2.75, 3.05) is 26.9 Å². The summed E-state index contributed by atoms with van der Waals surface area (Å²) in [6.45, 7) is 32.3. The molecule has 0 atom stereocenters. The van der Waals surface area contributed by atoms with Crippen molar-refractivity contribution >= 4 is 50.6 Å². The van der Waals surface area contributed by atoms with E-state index in [1.807, 2.05) is 0 Å². The smallest absolute Gasteiger partial charge is 0.322 e. The number of aliphatic hydroxyl groups excluding tert-OH is 1. The second-order valence-electron chi connectivity index (χ2n) is 13.0. The van der Waals surface area contributed by atoms with Crippen LogP contribution in [0, 0.1) is 0 Å². The molecule has 0 aromatic heterocycles. The normalized spacial score (nSPS) is 14.0. The van der Waals surface area contributed by atoms with Gasteiger partial charge in [0.05, 0.1) is 0 Å². The molecule has 0 rings (SSSR count). The second kappa shape index (κ2) is 17.0. The molecule has 13 heteroatoms. The number of methoxy groups -OCH3 is 1. The van der Waals surface area contributed by atoms with Crippen LogP contribution in [0.2, 0.25) is 97.2 Å². The molecule has 0 radical (unpaired) electrons. The fourth-order valence-electron chi connectivity index (χ4n) is 4.33. The molecule has 7 nitrogen and oxygen atoms in total. The highest BCUT2D eigenvalue weighted by molar-refractivity contribution is 6.87. The van der Waals surface area contributed by atoms with Crippen molar-refractivity contribution in [2.45, 2.75) is 123 Å². The molecule has 0 unspecified atom stereocenters. The summed E-state index contributed by atoms with van der Waals surface area (Å²) < 4.78 is 36.2. The maximum absolute atomic E-state index is 8.95. The molecular weight excluding hydrogens is 557 g/mol. The van der Waals surface area contributed by atoms with Crippen molar-refractivity contribution in [2.24, 2.45) is 0 Å². The first-order valence-electron chi connectivity index (χ1n) is 13.6. The predicted octanol–water partition coefficient (Wildman–Crippen LogP) is 7.24. The Balaban J connectivity index is 0. The third-order valence-electron chi connectivity index (χ3n) is 4.81. The van der Waals surface area contributed by atoms with Gasteiger partial charge in [0.2, 0.25) is 0 Å². The second-order valence-corrected chi connectivity index (χ2v) is 37.2. The van der Waals surface area contributed by atoms with E-state index in [0.717, 1.165) is 44.6 Å². The van der Waals surface area contributed by atoms with E-state index in [0.29, 0.717) is 0 Å². The first kappa shape index (κ1) is 39.2. The van der Waals surface area contributed by atoms with Gasteiger partial charge < -0.3 is 30.7 Å². The van der Waals surface area contributed by atoms with E-state index in [1.165, 1.54) is 0 Å². The van der Waals surface area contributed by atoms with Crippen molar-refractivity contribution in [3.8, 4) is 0 Å². The van der Waals surface area contributed by atoms with Gasteiger partial charge in [-0.05, 0) is 116 Å². The largest absolute Gasteiger partial charge is 0.437 e. The van der Waals surface area contributed by atoms with Crippen molar-refractivity contribution in [3.05, 3.63) is 0 Å². The van der Waals surface area contributed by atoms with Crippen LogP contribution in [0.3, 0.4) is 0 Å². The Hall–Kier alpha value is 1.02. The molecule has 0 fully saturated rings. The Morgan fingerprint density at radius 2 is 1.00 bits per heavy atom. The summed E-state index contributed by atoms with van der Waals surface area (Å²) in [5.74, 6) is 0. The zero-order chi connectivity index (χ0) is 28.9. The lowest BCUT2D eigenvalue weighted by atomic mass is 10.5. The molecule has 0 bridgehead atoms. The molecule has 0 spiro atoms. The van der Waals surface area contributed by atoms with E-state index >= 15 is 0 Å². The summed E-state index contributed by atoms with van der Waals surface area (Å²) in [5.41, 5.74) is 0. The van der Waals surface area contributed by atoms with Gasteiger partial charge in [-0.2, -0.15) is 0 Å². The lowest BCUT2D eigenvalue weighted by molar-refractivity contribution is 0.198. The highest BCUT2D eigenvalue weighted by Crippen LogP contribution is 2.25. The van der Waals surface area contributed by atoms with E-state index in [2.05, 4.69) is 92.0 Å². The summed E-state index contributed by atoms with van der Waals surface area (Å²) in [6.07, 6.45) is 2.92. The molecule has 0 aromatic rings. The van der Waals surface area contributed by atoms with Gasteiger partial charge in [0.1, 0.15) is 0 Å². The molecule has 0 heterocycles. The van der Waals surface area contributed by atoms with Crippen LogP contribution in [0.5, 0.6) is 0 Å². The number of ether oxygens (including phenoxy) is 1. The van der Waals surface area contributed by atoms with Crippen LogP contribution < -0.4 is 0 Å². The fraction of sp³-hybridized carbons (Fsp3) is 1.00. The maximum atomic E-state index is 8.95. The third kappa shape index (κ3) is 24.1. The van der Waals surface area contributed by atoms with Crippen LogP contribution in [0.4, 0.5) is 0 Å². The highest BCUT2D eigenvalue weighted by atomic mass is 28.5. The van der Waals surface area contributed by atoms with Crippen LogP contribution in [0.1, 0.15) is 26.2 Å². The van der Waals surface area contributed by atoms with E-state index in [-0.39, 0.29) is 6.61 Å². The van der Waals surface area contributed by atoms with Gasteiger partial charge in [-0.25, -0.2) is 0 Å². The lowest BCUT2D eigenvalue weighted by Gasteiger charge is -2.38. The zero-order valence-electron chi connectivity index (χ0n) is 26.6. The van der Waals surface area contributed by atoms with Gasteiger partial charge in [0.15, 0.2) is 25.0 Å². The topological polar surface area (TPSA) is 75.6 Å². The van der Waals surface area contributed by atoms with Crippen molar-refractivity contribution in [1.82, 2.24) is 0 Å². The summed E-state index contributed by atoms with van der Waals surface area (Å²) >= 11 is 0. The van der Waals surface area contributed by atoms with Gasteiger partial charge >= 0.3 is 25.7 Å². The Kier molecular flexibility index (Phi) is 18.5. The predicted molar refractivity (Wildman–Crippen MR) is 169 cm³/mol. The number of hydrogen-bond acceptors (Lipinski definition) is 7. The Morgan fingerprint density at radius 3 is 1.39 bits per heavy atom. The molecule has 36 heavy (non-hydrogen) atoms. The number of aliphatic hydroxyl groups is 1. The van der Waals surface area contributed by atoms with Gasteiger partial charge in [-0.15, -0.1) is 0 Å². The summed E-state index contributed by atoms with van der Waals surface area (Å²) in [7, 11) is -9.28. The molecule has 220 valence electrons. The number of hydrogen-bond donors (Lipinski definition) is 1. The highest BCUT2D eigenvalue weighted by Gasteiger charge is 2.40. The molecule has 0 aromatic carbocycles. The van der Waals surface area contributed by atoms with Crippen LogP contribution in [0.15, 0.2) is 0 Å². The summed E-state index contributed by atoms with van der Waals surface area (Å²) in [4.78, 5) is 0. The molecule has 0 aliphatic heterocycles. The van der Waals surface area contributed by atoms with Crippen molar-refractivity contribution < 1.29 is 30.7 Å². The van der Waals surface area contributed by atoms with Gasteiger partial charge in [0, 0.05) is 26.9 Å². The molecule has 1 N–H and O–H groups in total. The van der Waals surface area contributed by atoms with E-state index in [4.69, 9.17) is 30.7 Å². The van der Waals surface area contributed by atoms with Crippen molar-refractivity contribution in [1.29, 1.82) is 0 Å². The molecule has 0 amide bonds. The van der Waals surface area contributed by atoms with Crippen LogP contribution in [-0.2, 0) is 25.6 Å². The minimum atomic E-state index is -2.16. The van der Waals surface area contributed by atoms with Crippen molar-refractivity contribution in [3.63, 3.8) is 0 Å². The minimum absolute atomic E-state index is 0.239. The third-order valence-corrected chi connectivity index (χ3v) is 25.5. The zero-order valence-corrected chi connectivity index (χ0v) is 32.6. The average Bonchev–Trinajstić information content (AvgIpc) is 2.60. The Labute approximate surface area is 231 Å².